The highest BCUT2D eigenvalue weighted by molar-refractivity contribution is 8.77. The fourth-order valence-electron chi connectivity index (χ4n) is 7.34. The minimum absolute atomic E-state index is 0.00953. The van der Waals surface area contributed by atoms with E-state index < -0.39 is 94.6 Å². The lowest BCUT2D eigenvalue weighted by Gasteiger charge is -2.33. The lowest BCUT2D eigenvalue weighted by molar-refractivity contribution is -0.146. The third-order valence-electron chi connectivity index (χ3n) is 11.5. The Kier molecular flexibility index (Phi) is 23.7. The summed E-state index contributed by atoms with van der Waals surface area (Å²) in [6, 6.07) is -8.18. The molecule has 20 nitrogen and oxygen atoms in total. The molecule has 0 aromatic rings. The van der Waals surface area contributed by atoms with Gasteiger partial charge in [0.25, 0.3) is 0 Å². The Labute approximate surface area is 379 Å². The molecule has 2 fully saturated rings. The molecule has 2 aliphatic heterocycles. The van der Waals surface area contributed by atoms with Crippen molar-refractivity contribution in [2.75, 3.05) is 31.9 Å². The SMILES string of the molecule is CC(C)[C@H](N)C(=O)N1CCC[C@H]1C(=O)N[C@@H](CCCCN)C(=O)N[C@H](CCSSC(C)(C)[C@@H](N)C(=O)N[C@@H](CCCCN)C(=O)N1CCC[C@H]1C(=O)N[C@H](C(=O)O)C(C)C)C(=O)O. The Morgan fingerprint density at radius 3 is 1.65 bits per heavy atom. The summed E-state index contributed by atoms with van der Waals surface area (Å²) in [5, 5.41) is 30.3. The van der Waals surface area contributed by atoms with Crippen molar-refractivity contribution >= 4 is 69.0 Å². The minimum Gasteiger partial charge on any atom is -0.480 e. The van der Waals surface area contributed by atoms with E-state index in [0.29, 0.717) is 71.0 Å². The molecule has 0 aromatic heterocycles. The van der Waals surface area contributed by atoms with Crippen LogP contribution < -0.4 is 44.2 Å². The van der Waals surface area contributed by atoms with E-state index >= 15 is 0 Å². The number of carbonyl (C=O) groups is 8. The molecule has 22 heteroatoms. The number of rotatable bonds is 28. The molecule has 6 amide bonds. The Bertz CT molecular complexity index is 1570. The smallest absolute Gasteiger partial charge is 0.326 e. The van der Waals surface area contributed by atoms with E-state index in [1.54, 1.807) is 27.7 Å². The number of carboxylic acids is 2. The molecule has 0 unspecified atom stereocenters. The molecule has 0 bridgehead atoms. The maximum atomic E-state index is 13.9. The summed E-state index contributed by atoms with van der Waals surface area (Å²) in [5.41, 5.74) is 23.9. The molecular weight excluding hydrogens is 857 g/mol. The van der Waals surface area contributed by atoms with E-state index in [-0.39, 0.29) is 49.3 Å². The van der Waals surface area contributed by atoms with Crippen LogP contribution in [-0.2, 0) is 38.4 Å². The first kappa shape index (κ1) is 55.4. The molecule has 360 valence electrons. The number of aliphatic carboxylic acids is 2. The summed E-state index contributed by atoms with van der Waals surface area (Å²) < 4.78 is -0.937. The van der Waals surface area contributed by atoms with Crippen molar-refractivity contribution < 1.29 is 48.6 Å². The second-order valence-electron chi connectivity index (χ2n) is 17.6. The van der Waals surface area contributed by atoms with Crippen molar-refractivity contribution in [2.45, 2.75) is 165 Å². The number of likely N-dealkylation sites (tertiary alicyclic amines) is 2. The number of carboxylic acid groups (broad SMARTS) is 2. The summed E-state index contributed by atoms with van der Waals surface area (Å²) in [6.45, 7) is 11.8. The largest absolute Gasteiger partial charge is 0.480 e. The Hall–Kier alpha value is -3.70. The Morgan fingerprint density at radius 2 is 1.16 bits per heavy atom. The van der Waals surface area contributed by atoms with Crippen LogP contribution in [0.1, 0.15) is 112 Å². The zero-order valence-electron chi connectivity index (χ0n) is 37.8. The van der Waals surface area contributed by atoms with Crippen molar-refractivity contribution in [1.82, 2.24) is 31.1 Å². The molecule has 63 heavy (non-hydrogen) atoms. The lowest BCUT2D eigenvalue weighted by atomic mass is 10.0. The van der Waals surface area contributed by atoms with E-state index in [1.165, 1.54) is 31.4 Å². The van der Waals surface area contributed by atoms with E-state index in [4.69, 9.17) is 22.9 Å². The predicted octanol–water partition coefficient (Wildman–Crippen LogP) is -0.149. The summed E-state index contributed by atoms with van der Waals surface area (Å²) in [6.07, 6.45) is 4.41. The maximum absolute atomic E-state index is 13.9. The molecule has 2 saturated heterocycles. The second-order valence-corrected chi connectivity index (χ2v) is 20.7. The van der Waals surface area contributed by atoms with Crippen LogP contribution in [0.25, 0.3) is 0 Å². The van der Waals surface area contributed by atoms with Gasteiger partial charge in [0.15, 0.2) is 0 Å². The van der Waals surface area contributed by atoms with Gasteiger partial charge in [-0.1, -0.05) is 49.3 Å². The maximum Gasteiger partial charge on any atom is 0.326 e. The first-order valence-electron chi connectivity index (χ1n) is 22.1. The average molecular weight is 931 g/mol. The molecule has 2 aliphatic rings. The lowest BCUT2D eigenvalue weighted by Crippen LogP contribution is -2.59. The van der Waals surface area contributed by atoms with Crippen LogP contribution in [0.5, 0.6) is 0 Å². The number of hydrogen-bond donors (Lipinski definition) is 10. The standard InChI is InChI=1S/C41H74N10O10S2/c1-23(2)30(44)38(57)51-21-12-15-28(51)34(53)46-25(13-7-9-18-42)33(52)48-27(39(58)59)17-22-62-63-41(5,6)32(45)36(55)47-26(14-8-10-19-43)37(56)50-20-11-16-29(50)35(54)49-31(24(3)4)40(60)61/h23-32H,7-22,42-45H2,1-6H3,(H,46,53)(H,47,55)(H,48,52)(H,49,54)(H,58,59)(H,60,61)/t25-,26-,27+,28-,29-,30-,31-,32-/m0/s1. The first-order chi connectivity index (χ1) is 29.6. The molecule has 0 radical (unpaired) electrons. The predicted molar refractivity (Wildman–Crippen MR) is 243 cm³/mol. The van der Waals surface area contributed by atoms with Gasteiger partial charge in [0.1, 0.15) is 36.3 Å². The van der Waals surface area contributed by atoms with Gasteiger partial charge in [-0.2, -0.15) is 0 Å². The quantitative estimate of drug-likeness (QED) is 0.0360. The Morgan fingerprint density at radius 1 is 0.651 bits per heavy atom. The summed E-state index contributed by atoms with van der Waals surface area (Å²) in [5.74, 6) is -5.98. The molecule has 8 atom stereocenters. The van der Waals surface area contributed by atoms with Crippen LogP contribution in [0.4, 0.5) is 0 Å². The van der Waals surface area contributed by atoms with E-state index in [9.17, 15) is 48.6 Å². The molecule has 2 heterocycles. The second kappa shape index (κ2) is 26.9. The molecule has 14 N–H and O–H groups in total. The number of unbranched alkanes of at least 4 members (excludes halogenated alkanes) is 2. The van der Waals surface area contributed by atoms with E-state index in [0.717, 1.165) is 0 Å². The molecule has 0 saturated carbocycles. The van der Waals surface area contributed by atoms with Gasteiger partial charge < -0.3 is 64.2 Å². The highest BCUT2D eigenvalue weighted by Gasteiger charge is 2.42. The van der Waals surface area contributed by atoms with Gasteiger partial charge in [-0.05, 0) is 109 Å². The van der Waals surface area contributed by atoms with Gasteiger partial charge in [-0.15, -0.1) is 0 Å². The van der Waals surface area contributed by atoms with Crippen molar-refractivity contribution in [3.05, 3.63) is 0 Å². The molecular formula is C41H74N10O10S2. The molecule has 2 rings (SSSR count). The van der Waals surface area contributed by atoms with Crippen molar-refractivity contribution in [3.8, 4) is 0 Å². The van der Waals surface area contributed by atoms with Gasteiger partial charge in [-0.25, -0.2) is 9.59 Å². The highest BCUT2D eigenvalue weighted by atomic mass is 33.1. The monoisotopic (exact) mass is 931 g/mol. The van der Waals surface area contributed by atoms with Crippen LogP contribution >= 0.6 is 21.6 Å². The fraction of sp³-hybridized carbons (Fsp3) is 0.805. The number of nitrogens with zero attached hydrogens (tertiary/aromatic N) is 2. The van der Waals surface area contributed by atoms with Crippen LogP contribution in [0, 0.1) is 11.8 Å². The molecule has 0 spiro atoms. The van der Waals surface area contributed by atoms with Crippen LogP contribution in [0.3, 0.4) is 0 Å². The van der Waals surface area contributed by atoms with Crippen molar-refractivity contribution in [2.24, 2.45) is 34.8 Å². The number of carbonyl (C=O) groups excluding carboxylic acids is 6. The summed E-state index contributed by atoms with van der Waals surface area (Å²) in [7, 11) is 2.48. The number of amides is 6. The number of nitrogens with one attached hydrogen (secondary N) is 4. The number of nitrogens with two attached hydrogens (primary N) is 4. The summed E-state index contributed by atoms with van der Waals surface area (Å²) in [4.78, 5) is 108. The van der Waals surface area contributed by atoms with Crippen molar-refractivity contribution in [3.63, 3.8) is 0 Å². The topological polar surface area (TPSA) is 336 Å². The minimum atomic E-state index is -1.31. The third-order valence-corrected chi connectivity index (χ3v) is 14.8. The van der Waals surface area contributed by atoms with Crippen LogP contribution in [0.15, 0.2) is 0 Å². The van der Waals surface area contributed by atoms with Gasteiger partial charge in [0.2, 0.25) is 35.4 Å². The van der Waals surface area contributed by atoms with Gasteiger partial charge in [-0.3, -0.25) is 28.8 Å². The van der Waals surface area contributed by atoms with Gasteiger partial charge in [0.05, 0.1) is 12.1 Å². The fourth-order valence-corrected chi connectivity index (χ4v) is 10.0. The zero-order chi connectivity index (χ0) is 47.6. The highest BCUT2D eigenvalue weighted by Crippen LogP contribution is 2.38. The zero-order valence-corrected chi connectivity index (χ0v) is 39.4. The molecule has 0 aliphatic carbocycles. The first-order valence-corrected chi connectivity index (χ1v) is 24.4. The Balaban J connectivity index is 2.07. The van der Waals surface area contributed by atoms with Gasteiger partial charge in [0, 0.05) is 23.6 Å². The normalized spacial score (nSPS) is 19.5. The van der Waals surface area contributed by atoms with Gasteiger partial charge >= 0.3 is 11.9 Å². The average Bonchev–Trinajstić information content (AvgIpc) is 3.93. The van der Waals surface area contributed by atoms with E-state index in [2.05, 4.69) is 21.3 Å². The van der Waals surface area contributed by atoms with Crippen LogP contribution in [-0.4, -0.2) is 152 Å². The number of hydrogen-bond acceptors (Lipinski definition) is 14. The summed E-state index contributed by atoms with van der Waals surface area (Å²) >= 11 is 0. The van der Waals surface area contributed by atoms with E-state index in [1.807, 2.05) is 13.8 Å². The van der Waals surface area contributed by atoms with Crippen LogP contribution in [0.2, 0.25) is 0 Å². The van der Waals surface area contributed by atoms with Crippen molar-refractivity contribution in [1.29, 1.82) is 0 Å². The third kappa shape index (κ3) is 17.0. The molecule has 0 aromatic carbocycles.